The van der Waals surface area contributed by atoms with Crippen LogP contribution in [0.4, 0.5) is 0 Å². The third-order valence-corrected chi connectivity index (χ3v) is 4.25. The number of aryl methyl sites for hydroxylation is 2. The minimum absolute atomic E-state index is 0.0681. The van der Waals surface area contributed by atoms with E-state index in [0.717, 1.165) is 30.8 Å². The number of nitrogens with one attached hydrogen (secondary N) is 1. The fraction of sp³-hybridized carbons (Fsp3) is 0.333. The van der Waals surface area contributed by atoms with Crippen molar-refractivity contribution in [1.29, 1.82) is 0 Å². The Bertz CT molecular complexity index is 652. The third-order valence-electron chi connectivity index (χ3n) is 4.25. The van der Waals surface area contributed by atoms with Gasteiger partial charge < -0.3 is 4.74 Å². The topological polar surface area (TPSA) is 47.3 Å². The molecule has 3 rings (SSSR count). The first-order chi connectivity index (χ1) is 10.2. The van der Waals surface area contributed by atoms with Gasteiger partial charge in [0.15, 0.2) is 0 Å². The van der Waals surface area contributed by atoms with E-state index in [4.69, 9.17) is 10.6 Å². The van der Waals surface area contributed by atoms with Crippen molar-refractivity contribution in [2.45, 2.75) is 32.7 Å². The van der Waals surface area contributed by atoms with Crippen LogP contribution in [0.15, 0.2) is 36.4 Å². The van der Waals surface area contributed by atoms with Crippen LogP contribution in [0.5, 0.6) is 5.75 Å². The first kappa shape index (κ1) is 14.1. The minimum atomic E-state index is 0.0681. The zero-order valence-electron chi connectivity index (χ0n) is 12.6. The lowest BCUT2D eigenvalue weighted by Crippen LogP contribution is -2.30. The van der Waals surface area contributed by atoms with E-state index in [-0.39, 0.29) is 6.04 Å². The highest BCUT2D eigenvalue weighted by molar-refractivity contribution is 5.46. The monoisotopic (exact) mass is 282 g/mol. The van der Waals surface area contributed by atoms with Gasteiger partial charge in [-0.2, -0.15) is 0 Å². The molecule has 21 heavy (non-hydrogen) atoms. The van der Waals surface area contributed by atoms with E-state index in [0.29, 0.717) is 0 Å². The molecule has 1 heterocycles. The summed E-state index contributed by atoms with van der Waals surface area (Å²) in [6.07, 6.45) is 1.85. The quantitative estimate of drug-likeness (QED) is 0.669. The van der Waals surface area contributed by atoms with Crippen molar-refractivity contribution in [1.82, 2.24) is 5.43 Å². The normalized spacial score (nSPS) is 14.6. The highest BCUT2D eigenvalue weighted by Crippen LogP contribution is 2.34. The predicted octanol–water partition coefficient (Wildman–Crippen LogP) is 2.99. The Morgan fingerprint density at radius 3 is 2.90 bits per heavy atom. The van der Waals surface area contributed by atoms with Crippen LogP contribution in [0.25, 0.3) is 0 Å². The Balaban J connectivity index is 1.93. The molecule has 0 radical (unpaired) electrons. The molecule has 0 spiro atoms. The van der Waals surface area contributed by atoms with Gasteiger partial charge in [0.25, 0.3) is 0 Å². The van der Waals surface area contributed by atoms with Gasteiger partial charge in [0.1, 0.15) is 5.75 Å². The van der Waals surface area contributed by atoms with E-state index in [9.17, 15) is 0 Å². The standard InChI is InChI=1S/C18H22N2O/c1-12-6-7-13(2)15(10-12)11-17(20-19)16-5-3-4-14-8-9-21-18(14)16/h3-7,10,17,20H,8-9,11,19H2,1-2H3. The molecule has 1 aliphatic rings. The lowest BCUT2D eigenvalue weighted by molar-refractivity contribution is 0.348. The van der Waals surface area contributed by atoms with Gasteiger partial charge in [-0.25, -0.2) is 0 Å². The molecule has 3 heteroatoms. The van der Waals surface area contributed by atoms with Crippen molar-refractivity contribution in [2.75, 3.05) is 6.61 Å². The average Bonchev–Trinajstić information content (AvgIpc) is 2.96. The summed E-state index contributed by atoms with van der Waals surface area (Å²) in [5.74, 6) is 6.85. The van der Waals surface area contributed by atoms with Gasteiger partial charge in [-0.1, -0.05) is 42.0 Å². The van der Waals surface area contributed by atoms with E-state index in [1.165, 1.54) is 22.3 Å². The summed E-state index contributed by atoms with van der Waals surface area (Å²) in [7, 11) is 0. The van der Waals surface area contributed by atoms with E-state index in [1.807, 2.05) is 0 Å². The van der Waals surface area contributed by atoms with Gasteiger partial charge in [0.2, 0.25) is 0 Å². The van der Waals surface area contributed by atoms with E-state index >= 15 is 0 Å². The number of nitrogens with two attached hydrogens (primary N) is 1. The van der Waals surface area contributed by atoms with Gasteiger partial charge in [-0.05, 0) is 37.0 Å². The summed E-state index contributed by atoms with van der Waals surface area (Å²) in [6.45, 7) is 5.04. The number of hydrazine groups is 1. The average molecular weight is 282 g/mol. The fourth-order valence-corrected chi connectivity index (χ4v) is 3.01. The molecule has 0 saturated heterocycles. The van der Waals surface area contributed by atoms with Crippen LogP contribution in [0.1, 0.15) is 33.9 Å². The molecular weight excluding hydrogens is 260 g/mol. The second-order valence-corrected chi connectivity index (χ2v) is 5.79. The van der Waals surface area contributed by atoms with Crippen LogP contribution in [0.2, 0.25) is 0 Å². The van der Waals surface area contributed by atoms with Gasteiger partial charge in [-0.15, -0.1) is 0 Å². The molecule has 0 amide bonds. The lowest BCUT2D eigenvalue weighted by atomic mass is 9.93. The number of hydrogen-bond donors (Lipinski definition) is 2. The molecule has 0 aliphatic carbocycles. The maximum absolute atomic E-state index is 5.83. The van der Waals surface area contributed by atoms with E-state index < -0.39 is 0 Å². The molecule has 3 N–H and O–H groups in total. The summed E-state index contributed by atoms with van der Waals surface area (Å²) >= 11 is 0. The SMILES string of the molecule is Cc1ccc(C)c(CC(NN)c2cccc3c2OCC3)c1. The third kappa shape index (κ3) is 2.80. The Hall–Kier alpha value is -1.84. The van der Waals surface area contributed by atoms with Crippen LogP contribution < -0.4 is 16.0 Å². The number of para-hydroxylation sites is 1. The van der Waals surface area contributed by atoms with Crippen molar-refractivity contribution < 1.29 is 4.74 Å². The lowest BCUT2D eigenvalue weighted by Gasteiger charge is -2.20. The van der Waals surface area contributed by atoms with Crippen molar-refractivity contribution in [3.05, 3.63) is 64.2 Å². The van der Waals surface area contributed by atoms with Crippen molar-refractivity contribution in [3.63, 3.8) is 0 Å². The zero-order chi connectivity index (χ0) is 14.8. The van der Waals surface area contributed by atoms with Crippen molar-refractivity contribution in [2.24, 2.45) is 5.84 Å². The Kier molecular flexibility index (Phi) is 3.95. The number of rotatable bonds is 4. The number of hydrogen-bond acceptors (Lipinski definition) is 3. The molecule has 1 atom stereocenters. The molecule has 0 saturated carbocycles. The van der Waals surface area contributed by atoms with Gasteiger partial charge >= 0.3 is 0 Å². The maximum atomic E-state index is 5.83. The van der Waals surface area contributed by atoms with Crippen LogP contribution in [-0.4, -0.2) is 6.61 Å². The first-order valence-electron chi connectivity index (χ1n) is 7.46. The molecule has 0 aromatic heterocycles. The minimum Gasteiger partial charge on any atom is -0.493 e. The summed E-state index contributed by atoms with van der Waals surface area (Å²) < 4.78 is 5.81. The predicted molar refractivity (Wildman–Crippen MR) is 85.3 cm³/mol. The molecule has 3 nitrogen and oxygen atoms in total. The van der Waals surface area contributed by atoms with Crippen LogP contribution in [-0.2, 0) is 12.8 Å². The molecular formula is C18H22N2O. The van der Waals surface area contributed by atoms with Gasteiger partial charge in [0, 0.05) is 12.0 Å². The number of ether oxygens (including phenoxy) is 1. The van der Waals surface area contributed by atoms with Gasteiger partial charge in [0.05, 0.1) is 12.6 Å². The molecule has 0 fully saturated rings. The smallest absolute Gasteiger partial charge is 0.127 e. The Morgan fingerprint density at radius 2 is 2.10 bits per heavy atom. The Labute approximate surface area is 126 Å². The van der Waals surface area contributed by atoms with Crippen molar-refractivity contribution >= 4 is 0 Å². The maximum Gasteiger partial charge on any atom is 0.127 e. The van der Waals surface area contributed by atoms with Crippen LogP contribution >= 0.6 is 0 Å². The molecule has 0 bridgehead atoms. The fourth-order valence-electron chi connectivity index (χ4n) is 3.01. The Morgan fingerprint density at radius 1 is 1.24 bits per heavy atom. The van der Waals surface area contributed by atoms with Crippen molar-refractivity contribution in [3.8, 4) is 5.75 Å². The van der Waals surface area contributed by atoms with Crippen LogP contribution in [0, 0.1) is 13.8 Å². The van der Waals surface area contributed by atoms with E-state index in [2.05, 4.69) is 55.7 Å². The largest absolute Gasteiger partial charge is 0.493 e. The molecule has 2 aromatic rings. The number of fused-ring (bicyclic) bond motifs is 1. The molecule has 1 unspecified atom stereocenters. The highest BCUT2D eigenvalue weighted by Gasteiger charge is 2.22. The summed E-state index contributed by atoms with van der Waals surface area (Å²) in [6, 6.07) is 13.0. The summed E-state index contributed by atoms with van der Waals surface area (Å²) in [5, 5.41) is 0. The first-order valence-corrected chi connectivity index (χ1v) is 7.46. The van der Waals surface area contributed by atoms with E-state index in [1.54, 1.807) is 0 Å². The second kappa shape index (κ2) is 5.88. The summed E-state index contributed by atoms with van der Waals surface area (Å²) in [4.78, 5) is 0. The van der Waals surface area contributed by atoms with Gasteiger partial charge in [-0.3, -0.25) is 11.3 Å². The number of benzene rings is 2. The highest BCUT2D eigenvalue weighted by atomic mass is 16.5. The summed E-state index contributed by atoms with van der Waals surface area (Å²) in [5.41, 5.74) is 9.32. The molecule has 1 aliphatic heterocycles. The van der Waals surface area contributed by atoms with Crippen LogP contribution in [0.3, 0.4) is 0 Å². The zero-order valence-corrected chi connectivity index (χ0v) is 12.6. The molecule has 2 aromatic carbocycles. The second-order valence-electron chi connectivity index (χ2n) is 5.79. The molecule has 110 valence electrons.